The molecule has 0 heterocycles. The standard InChI is InChI=1S/C11H14NO2/c1-2-3-11(13)14-8-9-4-6-10(12)7-5-9/h4-8H,2-3,12H2,1H3. The Morgan fingerprint density at radius 3 is 2.64 bits per heavy atom. The van der Waals surface area contributed by atoms with E-state index in [4.69, 9.17) is 10.5 Å². The summed E-state index contributed by atoms with van der Waals surface area (Å²) in [5.74, 6) is -0.204. The van der Waals surface area contributed by atoms with Crippen LogP contribution in [0.4, 0.5) is 5.69 Å². The van der Waals surface area contributed by atoms with E-state index in [0.717, 1.165) is 12.0 Å². The zero-order chi connectivity index (χ0) is 10.4. The van der Waals surface area contributed by atoms with Gasteiger partial charge in [-0.2, -0.15) is 0 Å². The molecule has 3 heteroatoms. The number of hydrogen-bond donors (Lipinski definition) is 1. The van der Waals surface area contributed by atoms with E-state index in [1.807, 2.05) is 6.92 Å². The topological polar surface area (TPSA) is 52.3 Å². The molecule has 0 aliphatic rings. The van der Waals surface area contributed by atoms with Crippen LogP contribution in [0.15, 0.2) is 24.3 Å². The smallest absolute Gasteiger partial charge is 0.306 e. The average Bonchev–Trinajstić information content (AvgIpc) is 2.17. The Hall–Kier alpha value is -1.51. The van der Waals surface area contributed by atoms with Crippen LogP contribution in [0.5, 0.6) is 0 Å². The Kier molecular flexibility index (Phi) is 3.98. The Balaban J connectivity index is 2.38. The minimum atomic E-state index is -0.204. The van der Waals surface area contributed by atoms with Crippen LogP contribution in [0, 0.1) is 6.61 Å². The van der Waals surface area contributed by atoms with Crippen molar-refractivity contribution in [2.75, 3.05) is 5.73 Å². The second-order valence-electron chi connectivity index (χ2n) is 3.02. The van der Waals surface area contributed by atoms with Crippen LogP contribution in [-0.2, 0) is 9.53 Å². The van der Waals surface area contributed by atoms with Crippen molar-refractivity contribution in [2.45, 2.75) is 19.8 Å². The lowest BCUT2D eigenvalue weighted by atomic mass is 10.2. The summed E-state index contributed by atoms with van der Waals surface area (Å²) in [6.45, 7) is 3.38. The summed E-state index contributed by atoms with van der Waals surface area (Å²) in [5, 5.41) is 0. The second kappa shape index (κ2) is 5.27. The van der Waals surface area contributed by atoms with Gasteiger partial charge in [0.25, 0.3) is 0 Å². The van der Waals surface area contributed by atoms with E-state index in [1.165, 1.54) is 6.61 Å². The number of hydrogen-bond acceptors (Lipinski definition) is 3. The first-order valence-corrected chi connectivity index (χ1v) is 4.60. The maximum atomic E-state index is 11.0. The van der Waals surface area contributed by atoms with E-state index in [1.54, 1.807) is 24.3 Å². The molecule has 14 heavy (non-hydrogen) atoms. The maximum absolute atomic E-state index is 11.0. The predicted octanol–water partition coefficient (Wildman–Crippen LogP) is 2.12. The van der Waals surface area contributed by atoms with Crippen LogP contribution in [0.2, 0.25) is 0 Å². The fourth-order valence-corrected chi connectivity index (χ4v) is 0.971. The van der Waals surface area contributed by atoms with Crippen molar-refractivity contribution in [1.29, 1.82) is 0 Å². The largest absolute Gasteiger partial charge is 0.453 e. The SMILES string of the molecule is CCCC(=O)O[CH]c1ccc(N)cc1. The second-order valence-corrected chi connectivity index (χ2v) is 3.02. The summed E-state index contributed by atoms with van der Waals surface area (Å²) >= 11 is 0. The molecule has 1 radical (unpaired) electrons. The molecule has 1 aromatic rings. The normalized spacial score (nSPS) is 9.79. The predicted molar refractivity (Wildman–Crippen MR) is 55.3 cm³/mol. The molecule has 1 rings (SSSR count). The molecule has 0 bridgehead atoms. The van der Waals surface area contributed by atoms with Gasteiger partial charge in [-0.05, 0) is 24.1 Å². The van der Waals surface area contributed by atoms with Gasteiger partial charge in [-0.25, -0.2) is 0 Å². The number of benzene rings is 1. The van der Waals surface area contributed by atoms with Crippen LogP contribution in [0.3, 0.4) is 0 Å². The molecule has 2 N–H and O–H groups in total. The van der Waals surface area contributed by atoms with E-state index in [9.17, 15) is 4.79 Å². The lowest BCUT2D eigenvalue weighted by molar-refractivity contribution is -0.139. The summed E-state index contributed by atoms with van der Waals surface area (Å²) in [4.78, 5) is 11.0. The number of esters is 1. The summed E-state index contributed by atoms with van der Waals surface area (Å²) in [6, 6.07) is 7.13. The number of anilines is 1. The van der Waals surface area contributed by atoms with Gasteiger partial charge < -0.3 is 10.5 Å². The van der Waals surface area contributed by atoms with Gasteiger partial charge in [0, 0.05) is 12.1 Å². The minimum Gasteiger partial charge on any atom is -0.453 e. The fraction of sp³-hybridized carbons (Fsp3) is 0.273. The summed E-state index contributed by atoms with van der Waals surface area (Å²) in [7, 11) is 0. The summed E-state index contributed by atoms with van der Waals surface area (Å²) in [6.07, 6.45) is 1.25. The number of nitrogens with two attached hydrogens (primary N) is 1. The van der Waals surface area contributed by atoms with Gasteiger partial charge in [0.1, 0.15) is 0 Å². The van der Waals surface area contributed by atoms with Gasteiger partial charge in [0.2, 0.25) is 0 Å². The molecule has 0 saturated heterocycles. The molecule has 0 aliphatic heterocycles. The zero-order valence-electron chi connectivity index (χ0n) is 8.19. The average molecular weight is 192 g/mol. The first kappa shape index (κ1) is 10.6. The molecule has 0 aromatic heterocycles. The lowest BCUT2D eigenvalue weighted by Gasteiger charge is -2.02. The molecule has 0 atom stereocenters. The zero-order valence-corrected chi connectivity index (χ0v) is 8.19. The molecule has 75 valence electrons. The van der Waals surface area contributed by atoms with Crippen molar-refractivity contribution in [3.8, 4) is 0 Å². The van der Waals surface area contributed by atoms with E-state index in [2.05, 4.69) is 0 Å². The summed E-state index contributed by atoms with van der Waals surface area (Å²) < 4.78 is 4.90. The van der Waals surface area contributed by atoms with Crippen molar-refractivity contribution in [3.05, 3.63) is 36.4 Å². The number of ether oxygens (including phenoxy) is 1. The van der Waals surface area contributed by atoms with Crippen molar-refractivity contribution in [3.63, 3.8) is 0 Å². The van der Waals surface area contributed by atoms with Crippen LogP contribution in [-0.4, -0.2) is 5.97 Å². The minimum absolute atomic E-state index is 0.204. The van der Waals surface area contributed by atoms with Gasteiger partial charge in [-0.1, -0.05) is 19.1 Å². The van der Waals surface area contributed by atoms with E-state index in [-0.39, 0.29) is 5.97 Å². The summed E-state index contributed by atoms with van der Waals surface area (Å²) in [5.41, 5.74) is 7.04. The van der Waals surface area contributed by atoms with Crippen molar-refractivity contribution in [2.24, 2.45) is 0 Å². The van der Waals surface area contributed by atoms with Crippen LogP contribution < -0.4 is 5.73 Å². The van der Waals surface area contributed by atoms with E-state index >= 15 is 0 Å². The van der Waals surface area contributed by atoms with Gasteiger partial charge in [-0.15, -0.1) is 0 Å². The van der Waals surface area contributed by atoms with Gasteiger partial charge in [-0.3, -0.25) is 4.79 Å². The molecule has 0 saturated carbocycles. The number of rotatable bonds is 4. The van der Waals surface area contributed by atoms with Crippen molar-refractivity contribution < 1.29 is 9.53 Å². The monoisotopic (exact) mass is 192 g/mol. The number of nitrogen functional groups attached to an aromatic ring is 1. The van der Waals surface area contributed by atoms with Crippen LogP contribution in [0.25, 0.3) is 0 Å². The first-order chi connectivity index (χ1) is 6.72. The molecule has 3 nitrogen and oxygen atoms in total. The third kappa shape index (κ3) is 3.47. The Labute approximate surface area is 83.9 Å². The van der Waals surface area contributed by atoms with Crippen molar-refractivity contribution in [1.82, 2.24) is 0 Å². The quantitative estimate of drug-likeness (QED) is 0.587. The Morgan fingerprint density at radius 1 is 1.43 bits per heavy atom. The third-order valence-corrected chi connectivity index (χ3v) is 1.72. The molecule has 0 spiro atoms. The highest BCUT2D eigenvalue weighted by atomic mass is 16.5. The number of carbonyl (C=O) groups is 1. The molecular formula is C11H14NO2. The van der Waals surface area contributed by atoms with E-state index < -0.39 is 0 Å². The highest BCUT2D eigenvalue weighted by Gasteiger charge is 2.01. The molecule has 1 aromatic carbocycles. The molecule has 0 fully saturated rings. The lowest BCUT2D eigenvalue weighted by Crippen LogP contribution is -2.01. The maximum Gasteiger partial charge on any atom is 0.306 e. The molecule has 0 unspecified atom stereocenters. The van der Waals surface area contributed by atoms with Crippen LogP contribution in [0.1, 0.15) is 25.3 Å². The fourth-order valence-electron chi connectivity index (χ4n) is 0.971. The number of carbonyl (C=O) groups excluding carboxylic acids is 1. The van der Waals surface area contributed by atoms with Gasteiger partial charge >= 0.3 is 5.97 Å². The third-order valence-electron chi connectivity index (χ3n) is 1.72. The van der Waals surface area contributed by atoms with Gasteiger partial charge in [0.15, 0.2) is 6.61 Å². The molecule has 0 amide bonds. The Bertz CT molecular complexity index is 293. The molecule has 0 aliphatic carbocycles. The van der Waals surface area contributed by atoms with Crippen molar-refractivity contribution >= 4 is 11.7 Å². The molecular weight excluding hydrogens is 178 g/mol. The highest BCUT2D eigenvalue weighted by Crippen LogP contribution is 2.08. The van der Waals surface area contributed by atoms with Crippen LogP contribution >= 0.6 is 0 Å². The first-order valence-electron chi connectivity index (χ1n) is 4.60. The van der Waals surface area contributed by atoms with E-state index in [0.29, 0.717) is 12.1 Å². The van der Waals surface area contributed by atoms with Gasteiger partial charge in [0.05, 0.1) is 0 Å². The highest BCUT2D eigenvalue weighted by molar-refractivity contribution is 5.70. The Morgan fingerprint density at radius 2 is 2.07 bits per heavy atom.